The Morgan fingerprint density at radius 1 is 1.33 bits per heavy atom. The molecule has 7 nitrogen and oxygen atoms in total. The fourth-order valence-corrected chi connectivity index (χ4v) is 2.67. The summed E-state index contributed by atoms with van der Waals surface area (Å²) in [6.07, 6.45) is 0.141. The molecule has 0 unspecified atom stereocenters. The van der Waals surface area contributed by atoms with E-state index in [1.165, 1.54) is 35.6 Å². The van der Waals surface area contributed by atoms with E-state index in [1.807, 2.05) is 26.2 Å². The average molecular weight is 349 g/mol. The Balaban J connectivity index is 2.05. The summed E-state index contributed by atoms with van der Waals surface area (Å²) in [7, 11) is 0. The van der Waals surface area contributed by atoms with Gasteiger partial charge in [0.15, 0.2) is 0 Å². The number of carbonyl (C=O) groups excluding carboxylic acids is 1. The lowest BCUT2D eigenvalue weighted by atomic mass is 10.1. The van der Waals surface area contributed by atoms with Crippen LogP contribution in [-0.4, -0.2) is 33.0 Å². The van der Waals surface area contributed by atoms with Crippen molar-refractivity contribution in [3.63, 3.8) is 0 Å². The third-order valence-corrected chi connectivity index (χ3v) is 3.99. The molecule has 1 amide bonds. The van der Waals surface area contributed by atoms with Crippen LogP contribution in [0.2, 0.25) is 0 Å². The van der Waals surface area contributed by atoms with Crippen molar-refractivity contribution >= 4 is 23.1 Å². The summed E-state index contributed by atoms with van der Waals surface area (Å²) >= 11 is 1.51. The lowest BCUT2D eigenvalue weighted by Gasteiger charge is -2.34. The number of benzene rings is 1. The van der Waals surface area contributed by atoms with Crippen LogP contribution < -0.4 is 4.74 Å². The van der Waals surface area contributed by atoms with Crippen molar-refractivity contribution in [1.82, 2.24) is 9.88 Å². The smallest absolute Gasteiger partial charge is 0.410 e. The van der Waals surface area contributed by atoms with Crippen LogP contribution in [0, 0.1) is 10.1 Å². The van der Waals surface area contributed by atoms with Crippen molar-refractivity contribution in [3.8, 4) is 5.75 Å². The standard InChI is InChI=1S/C16H19N3O4S/c1-16(2,3)18(9-8-12-10-24-11-17-12)15(20)23-14-6-4-13(5-7-14)19(21)22/h4-7,10-11H,8-9H2,1-3H3. The van der Waals surface area contributed by atoms with Gasteiger partial charge in [0.1, 0.15) is 5.75 Å². The molecule has 0 radical (unpaired) electrons. The zero-order valence-corrected chi connectivity index (χ0v) is 14.6. The molecule has 2 aromatic rings. The van der Waals surface area contributed by atoms with Gasteiger partial charge in [0, 0.05) is 36.0 Å². The van der Waals surface area contributed by atoms with Crippen molar-refractivity contribution in [2.45, 2.75) is 32.7 Å². The molecule has 0 saturated heterocycles. The first-order valence-electron chi connectivity index (χ1n) is 7.38. The number of carbonyl (C=O) groups is 1. The second kappa shape index (κ2) is 7.39. The molecule has 0 aliphatic carbocycles. The molecule has 2 rings (SSSR count). The first-order valence-corrected chi connectivity index (χ1v) is 8.32. The minimum absolute atomic E-state index is 0.0500. The average Bonchev–Trinajstić information content (AvgIpc) is 3.00. The number of nitro groups is 1. The predicted octanol–water partition coefficient (Wildman–Crippen LogP) is 3.89. The Bertz CT molecular complexity index is 693. The van der Waals surface area contributed by atoms with Gasteiger partial charge in [-0.05, 0) is 32.9 Å². The highest BCUT2D eigenvalue weighted by atomic mass is 32.1. The summed E-state index contributed by atoms with van der Waals surface area (Å²) in [5.74, 6) is 0.272. The molecule has 0 aliphatic rings. The molecule has 0 N–H and O–H groups in total. The maximum atomic E-state index is 12.5. The highest BCUT2D eigenvalue weighted by Crippen LogP contribution is 2.21. The zero-order valence-electron chi connectivity index (χ0n) is 13.8. The van der Waals surface area contributed by atoms with Gasteiger partial charge in [-0.25, -0.2) is 9.78 Å². The molecule has 24 heavy (non-hydrogen) atoms. The number of thiazole rings is 1. The highest BCUT2D eigenvalue weighted by Gasteiger charge is 2.28. The van der Waals surface area contributed by atoms with Gasteiger partial charge >= 0.3 is 6.09 Å². The molecule has 0 fully saturated rings. The molecule has 128 valence electrons. The largest absolute Gasteiger partial charge is 0.415 e. The minimum atomic E-state index is -0.499. The summed E-state index contributed by atoms with van der Waals surface area (Å²) in [6.45, 7) is 6.24. The minimum Gasteiger partial charge on any atom is -0.410 e. The van der Waals surface area contributed by atoms with Crippen LogP contribution in [0.4, 0.5) is 10.5 Å². The van der Waals surface area contributed by atoms with Gasteiger partial charge in [-0.3, -0.25) is 10.1 Å². The third-order valence-electron chi connectivity index (χ3n) is 3.36. The Kier molecular flexibility index (Phi) is 5.50. The van der Waals surface area contributed by atoms with Crippen molar-refractivity contribution in [1.29, 1.82) is 0 Å². The van der Waals surface area contributed by atoms with Crippen molar-refractivity contribution in [2.75, 3.05) is 6.54 Å². The van der Waals surface area contributed by atoms with Gasteiger partial charge in [-0.2, -0.15) is 0 Å². The van der Waals surface area contributed by atoms with Crippen molar-refractivity contribution < 1.29 is 14.5 Å². The molecule has 1 aromatic carbocycles. The lowest BCUT2D eigenvalue weighted by molar-refractivity contribution is -0.384. The van der Waals surface area contributed by atoms with Crippen LogP contribution in [0.3, 0.4) is 0 Å². The van der Waals surface area contributed by atoms with Gasteiger partial charge < -0.3 is 9.64 Å². The van der Waals surface area contributed by atoms with E-state index in [9.17, 15) is 14.9 Å². The van der Waals surface area contributed by atoms with Crippen LogP contribution in [-0.2, 0) is 6.42 Å². The van der Waals surface area contributed by atoms with E-state index in [1.54, 1.807) is 10.4 Å². The number of hydrogen-bond donors (Lipinski definition) is 0. The van der Waals surface area contributed by atoms with Gasteiger partial charge in [0.05, 0.1) is 16.1 Å². The second-order valence-electron chi connectivity index (χ2n) is 6.17. The SMILES string of the molecule is CC(C)(C)N(CCc1cscn1)C(=O)Oc1ccc([N+](=O)[O-])cc1. The van der Waals surface area contributed by atoms with Gasteiger partial charge in [0.2, 0.25) is 0 Å². The lowest BCUT2D eigenvalue weighted by Crippen LogP contribution is -2.48. The Labute approximate surface area is 144 Å². The normalized spacial score (nSPS) is 11.1. The summed E-state index contributed by atoms with van der Waals surface area (Å²) in [4.78, 5) is 28.5. The fourth-order valence-electron chi connectivity index (χ4n) is 2.08. The first kappa shape index (κ1) is 17.9. The molecule has 0 spiro atoms. The number of nitrogens with zero attached hydrogens (tertiary/aromatic N) is 3. The van der Waals surface area contributed by atoms with E-state index in [0.717, 1.165) is 5.69 Å². The maximum Gasteiger partial charge on any atom is 0.415 e. The number of rotatable bonds is 5. The summed E-state index contributed by atoms with van der Waals surface area (Å²) in [5, 5.41) is 12.6. The monoisotopic (exact) mass is 349 g/mol. The van der Waals surface area contributed by atoms with Crippen molar-refractivity contribution in [2.24, 2.45) is 0 Å². The molecule has 0 saturated carbocycles. The molecule has 8 heteroatoms. The van der Waals surface area contributed by atoms with Gasteiger partial charge in [-0.1, -0.05) is 0 Å². The number of hydrogen-bond acceptors (Lipinski definition) is 6. The molecule has 0 aliphatic heterocycles. The fraction of sp³-hybridized carbons (Fsp3) is 0.375. The Morgan fingerprint density at radius 2 is 2.00 bits per heavy atom. The van der Waals surface area contributed by atoms with E-state index in [2.05, 4.69) is 4.98 Å². The number of non-ortho nitro benzene ring substituents is 1. The topological polar surface area (TPSA) is 85.6 Å². The number of nitro benzene ring substituents is 1. The maximum absolute atomic E-state index is 12.5. The first-order chi connectivity index (χ1) is 11.3. The molecule has 0 atom stereocenters. The van der Waals surface area contributed by atoms with E-state index in [0.29, 0.717) is 13.0 Å². The third kappa shape index (κ3) is 4.76. The molecular formula is C16H19N3O4S. The van der Waals surface area contributed by atoms with Crippen LogP contribution in [0.1, 0.15) is 26.5 Å². The van der Waals surface area contributed by atoms with Crippen LogP contribution in [0.5, 0.6) is 5.75 Å². The number of ether oxygens (including phenoxy) is 1. The molecular weight excluding hydrogens is 330 g/mol. The van der Waals surface area contributed by atoms with E-state index in [4.69, 9.17) is 4.74 Å². The van der Waals surface area contributed by atoms with E-state index >= 15 is 0 Å². The molecule has 1 heterocycles. The quantitative estimate of drug-likeness (QED) is 0.604. The van der Waals surface area contributed by atoms with Crippen LogP contribution >= 0.6 is 11.3 Å². The van der Waals surface area contributed by atoms with Crippen LogP contribution in [0.25, 0.3) is 0 Å². The van der Waals surface area contributed by atoms with Crippen molar-refractivity contribution in [3.05, 3.63) is 51.0 Å². The number of amides is 1. The summed E-state index contributed by atoms with van der Waals surface area (Å²) in [6, 6.07) is 5.44. The second-order valence-corrected chi connectivity index (χ2v) is 6.89. The van der Waals surface area contributed by atoms with Gasteiger partial charge in [-0.15, -0.1) is 11.3 Å². The van der Waals surface area contributed by atoms with Gasteiger partial charge in [0.25, 0.3) is 5.69 Å². The highest BCUT2D eigenvalue weighted by molar-refractivity contribution is 7.07. The van der Waals surface area contributed by atoms with Crippen LogP contribution in [0.15, 0.2) is 35.2 Å². The number of aromatic nitrogens is 1. The molecule has 0 bridgehead atoms. The molecule has 1 aromatic heterocycles. The van der Waals surface area contributed by atoms with E-state index < -0.39 is 16.6 Å². The summed E-state index contributed by atoms with van der Waals surface area (Å²) < 4.78 is 5.35. The van der Waals surface area contributed by atoms with E-state index in [-0.39, 0.29) is 11.4 Å². The predicted molar refractivity (Wildman–Crippen MR) is 91.4 cm³/mol. The zero-order chi connectivity index (χ0) is 17.7. The summed E-state index contributed by atoms with van der Waals surface area (Å²) in [5.41, 5.74) is 2.21. The Morgan fingerprint density at radius 3 is 2.50 bits per heavy atom. The Hall–Kier alpha value is -2.48.